The van der Waals surface area contributed by atoms with Crippen LogP contribution in [0.3, 0.4) is 0 Å². The highest BCUT2D eigenvalue weighted by molar-refractivity contribution is 9.10. The molecule has 0 saturated carbocycles. The van der Waals surface area contributed by atoms with Crippen LogP contribution in [0.5, 0.6) is 0 Å². The second kappa shape index (κ2) is 10.7. The van der Waals surface area contributed by atoms with Crippen LogP contribution in [0.2, 0.25) is 0 Å². The van der Waals surface area contributed by atoms with Gasteiger partial charge in [-0.3, -0.25) is 0 Å². The molecule has 0 heterocycles. The highest BCUT2D eigenvalue weighted by Gasteiger charge is 1.76. The number of halogens is 1. The van der Waals surface area contributed by atoms with Gasteiger partial charge in [0.1, 0.15) is 6.79 Å². The maximum atomic E-state index is 4.85. The van der Waals surface area contributed by atoms with Crippen molar-refractivity contribution in [2.75, 3.05) is 20.0 Å². The van der Waals surface area contributed by atoms with E-state index in [1.807, 2.05) is 44.2 Å². The summed E-state index contributed by atoms with van der Waals surface area (Å²) in [5.41, 5.74) is 0. The third-order valence-electron chi connectivity index (χ3n) is 1.31. The van der Waals surface area contributed by atoms with Crippen molar-refractivity contribution in [1.82, 2.24) is 0 Å². The second-order valence-corrected chi connectivity index (χ2v) is 3.31. The molecule has 0 aliphatic carbocycles. The molecule has 0 bridgehead atoms. The Morgan fingerprint density at radius 3 is 1.79 bits per heavy atom. The van der Waals surface area contributed by atoms with Crippen molar-refractivity contribution in [2.24, 2.45) is 0 Å². The first-order chi connectivity index (χ1) is 6.81. The van der Waals surface area contributed by atoms with Gasteiger partial charge in [-0.25, -0.2) is 0 Å². The van der Waals surface area contributed by atoms with Crippen LogP contribution in [0.4, 0.5) is 0 Å². The lowest BCUT2D eigenvalue weighted by atomic mass is 10.4. The van der Waals surface area contributed by atoms with E-state index in [1.165, 1.54) is 0 Å². The average Bonchev–Trinajstić information content (AvgIpc) is 2.21. The standard InChI is InChI=1S/C6H5Br.C5H12O2/c7-6-4-2-1-3-5-6;1-3-6-5-7-4-2/h1-5H;3-5H2,1-2H3. The van der Waals surface area contributed by atoms with Crippen molar-refractivity contribution in [3.63, 3.8) is 0 Å². The molecule has 0 aliphatic heterocycles. The van der Waals surface area contributed by atoms with Crippen molar-refractivity contribution in [1.29, 1.82) is 0 Å². The number of benzene rings is 1. The Morgan fingerprint density at radius 1 is 1.00 bits per heavy atom. The SMILES string of the molecule is Brc1ccccc1.CCOCOCC. The summed E-state index contributed by atoms with van der Waals surface area (Å²) in [5, 5.41) is 0. The van der Waals surface area contributed by atoms with Gasteiger partial charge in [0, 0.05) is 17.7 Å². The van der Waals surface area contributed by atoms with E-state index < -0.39 is 0 Å². The van der Waals surface area contributed by atoms with Crippen LogP contribution in [0.1, 0.15) is 13.8 Å². The van der Waals surface area contributed by atoms with Gasteiger partial charge < -0.3 is 9.47 Å². The molecule has 80 valence electrons. The lowest BCUT2D eigenvalue weighted by Crippen LogP contribution is -1.97. The highest BCUT2D eigenvalue weighted by atomic mass is 79.9. The predicted octanol–water partition coefficient (Wildman–Crippen LogP) is 3.47. The van der Waals surface area contributed by atoms with E-state index >= 15 is 0 Å². The molecule has 0 unspecified atom stereocenters. The zero-order valence-electron chi connectivity index (χ0n) is 8.70. The zero-order chi connectivity index (χ0) is 10.6. The van der Waals surface area contributed by atoms with Gasteiger partial charge >= 0.3 is 0 Å². The maximum absolute atomic E-state index is 4.85. The smallest absolute Gasteiger partial charge is 0.146 e. The highest BCUT2D eigenvalue weighted by Crippen LogP contribution is 2.05. The molecule has 1 aromatic rings. The van der Waals surface area contributed by atoms with E-state index in [2.05, 4.69) is 15.9 Å². The minimum Gasteiger partial charge on any atom is -0.356 e. The summed E-state index contributed by atoms with van der Waals surface area (Å²) in [7, 11) is 0. The molecule has 0 fully saturated rings. The molecule has 0 saturated heterocycles. The van der Waals surface area contributed by atoms with Gasteiger partial charge in [-0.15, -0.1) is 0 Å². The first-order valence-corrected chi connectivity index (χ1v) is 5.46. The summed E-state index contributed by atoms with van der Waals surface area (Å²) in [6, 6.07) is 9.97. The summed E-state index contributed by atoms with van der Waals surface area (Å²) in [6.07, 6.45) is 0. The molecule has 14 heavy (non-hydrogen) atoms. The van der Waals surface area contributed by atoms with Crippen molar-refractivity contribution in [3.05, 3.63) is 34.8 Å². The number of hydrogen-bond acceptors (Lipinski definition) is 2. The van der Waals surface area contributed by atoms with Crippen LogP contribution in [-0.2, 0) is 9.47 Å². The van der Waals surface area contributed by atoms with Crippen LogP contribution < -0.4 is 0 Å². The molecule has 0 spiro atoms. The second-order valence-electron chi connectivity index (χ2n) is 2.40. The van der Waals surface area contributed by atoms with Gasteiger partial charge in [-0.2, -0.15) is 0 Å². The minimum atomic E-state index is 0.438. The van der Waals surface area contributed by atoms with Crippen molar-refractivity contribution in [3.8, 4) is 0 Å². The van der Waals surface area contributed by atoms with Gasteiger partial charge in [0.25, 0.3) is 0 Å². The van der Waals surface area contributed by atoms with Crippen LogP contribution in [-0.4, -0.2) is 20.0 Å². The molecule has 2 nitrogen and oxygen atoms in total. The zero-order valence-corrected chi connectivity index (χ0v) is 10.3. The monoisotopic (exact) mass is 260 g/mol. The van der Waals surface area contributed by atoms with E-state index in [-0.39, 0.29) is 0 Å². The van der Waals surface area contributed by atoms with Gasteiger partial charge in [0.15, 0.2) is 0 Å². The molecule has 1 aromatic carbocycles. The minimum absolute atomic E-state index is 0.438. The quantitative estimate of drug-likeness (QED) is 0.610. The van der Waals surface area contributed by atoms with Crippen LogP contribution >= 0.6 is 15.9 Å². The first kappa shape index (κ1) is 13.6. The summed E-state index contributed by atoms with van der Waals surface area (Å²) in [6.45, 7) is 5.80. The summed E-state index contributed by atoms with van der Waals surface area (Å²) in [4.78, 5) is 0. The normalized spacial score (nSPS) is 9.07. The summed E-state index contributed by atoms with van der Waals surface area (Å²) < 4.78 is 10.8. The third kappa shape index (κ3) is 9.71. The molecule has 0 N–H and O–H groups in total. The maximum Gasteiger partial charge on any atom is 0.146 e. The predicted molar refractivity (Wildman–Crippen MR) is 62.3 cm³/mol. The molecule has 0 aliphatic rings. The Balaban J connectivity index is 0.000000241. The fourth-order valence-electron chi connectivity index (χ4n) is 0.640. The Labute approximate surface area is 94.4 Å². The van der Waals surface area contributed by atoms with Crippen LogP contribution in [0.15, 0.2) is 34.8 Å². The Morgan fingerprint density at radius 2 is 1.50 bits per heavy atom. The Bertz CT molecular complexity index is 198. The average molecular weight is 261 g/mol. The van der Waals surface area contributed by atoms with Gasteiger partial charge in [-0.05, 0) is 26.0 Å². The van der Waals surface area contributed by atoms with Gasteiger partial charge in [0.05, 0.1) is 0 Å². The summed E-state index contributed by atoms with van der Waals surface area (Å²) in [5.74, 6) is 0. The molecular formula is C11H17BrO2. The Kier molecular flexibility index (Phi) is 10.4. The lowest BCUT2D eigenvalue weighted by molar-refractivity contribution is -0.0445. The fraction of sp³-hybridized carbons (Fsp3) is 0.455. The molecule has 1 rings (SSSR count). The van der Waals surface area contributed by atoms with Crippen molar-refractivity contribution in [2.45, 2.75) is 13.8 Å². The molecular weight excluding hydrogens is 244 g/mol. The third-order valence-corrected chi connectivity index (χ3v) is 1.84. The number of ether oxygens (including phenoxy) is 2. The van der Waals surface area contributed by atoms with E-state index in [9.17, 15) is 0 Å². The molecule has 0 radical (unpaired) electrons. The van der Waals surface area contributed by atoms with Crippen molar-refractivity contribution < 1.29 is 9.47 Å². The van der Waals surface area contributed by atoms with E-state index in [4.69, 9.17) is 9.47 Å². The van der Waals surface area contributed by atoms with E-state index in [1.54, 1.807) is 0 Å². The Hall–Kier alpha value is -0.380. The summed E-state index contributed by atoms with van der Waals surface area (Å²) >= 11 is 3.31. The fourth-order valence-corrected chi connectivity index (χ4v) is 0.945. The molecule has 0 aromatic heterocycles. The van der Waals surface area contributed by atoms with Gasteiger partial charge in [-0.1, -0.05) is 34.1 Å². The van der Waals surface area contributed by atoms with Crippen molar-refractivity contribution >= 4 is 15.9 Å². The van der Waals surface area contributed by atoms with E-state index in [0.29, 0.717) is 6.79 Å². The van der Waals surface area contributed by atoms with Crippen LogP contribution in [0.25, 0.3) is 0 Å². The molecule has 0 amide bonds. The van der Waals surface area contributed by atoms with Crippen LogP contribution in [0, 0.1) is 0 Å². The number of rotatable bonds is 4. The molecule has 3 heteroatoms. The largest absolute Gasteiger partial charge is 0.356 e. The lowest BCUT2D eigenvalue weighted by Gasteiger charge is -1.97. The molecule has 0 atom stereocenters. The first-order valence-electron chi connectivity index (χ1n) is 4.67. The van der Waals surface area contributed by atoms with Gasteiger partial charge in [0.2, 0.25) is 0 Å². The topological polar surface area (TPSA) is 18.5 Å². The number of hydrogen-bond donors (Lipinski definition) is 0. The van der Waals surface area contributed by atoms with E-state index in [0.717, 1.165) is 17.7 Å².